The van der Waals surface area contributed by atoms with Crippen molar-refractivity contribution in [2.45, 2.75) is 58.7 Å². The number of rotatable bonds is 10. The van der Waals surface area contributed by atoms with E-state index in [9.17, 15) is 19.7 Å². The van der Waals surface area contributed by atoms with E-state index in [0.717, 1.165) is 6.42 Å². The first-order valence-corrected chi connectivity index (χ1v) is 10.7. The summed E-state index contributed by atoms with van der Waals surface area (Å²) in [7, 11) is 0. The van der Waals surface area contributed by atoms with E-state index >= 15 is 0 Å². The van der Waals surface area contributed by atoms with Gasteiger partial charge in [-0.05, 0) is 31.4 Å². The summed E-state index contributed by atoms with van der Waals surface area (Å²) in [5.74, 6) is -0.625. The third-order valence-electron chi connectivity index (χ3n) is 5.22. The van der Waals surface area contributed by atoms with Crippen LogP contribution >= 0.6 is 11.6 Å². The molecule has 2 amide bonds. The Bertz CT molecular complexity index is 935. The van der Waals surface area contributed by atoms with Gasteiger partial charge in [-0.2, -0.15) is 0 Å². The highest BCUT2D eigenvalue weighted by Gasteiger charge is 2.30. The molecule has 7 nitrogen and oxygen atoms in total. The molecule has 0 aliphatic rings. The van der Waals surface area contributed by atoms with Gasteiger partial charge < -0.3 is 10.2 Å². The lowest BCUT2D eigenvalue weighted by Gasteiger charge is -2.31. The van der Waals surface area contributed by atoms with Gasteiger partial charge in [-0.25, -0.2) is 0 Å². The summed E-state index contributed by atoms with van der Waals surface area (Å²) in [4.78, 5) is 38.6. The summed E-state index contributed by atoms with van der Waals surface area (Å²) in [6.45, 7) is 5.83. The molecule has 0 saturated heterocycles. The van der Waals surface area contributed by atoms with Crippen molar-refractivity contribution in [1.82, 2.24) is 10.2 Å². The van der Waals surface area contributed by atoms with E-state index in [2.05, 4.69) is 5.32 Å². The molecular formula is C23H28ClN3O4. The van der Waals surface area contributed by atoms with Crippen molar-refractivity contribution in [2.24, 2.45) is 0 Å². The zero-order valence-corrected chi connectivity index (χ0v) is 18.8. The Hall–Kier alpha value is -2.93. The Kier molecular flexibility index (Phi) is 9.00. The number of hydrogen-bond donors (Lipinski definition) is 1. The predicted octanol–water partition coefficient (Wildman–Crippen LogP) is 4.51. The highest BCUT2D eigenvalue weighted by molar-refractivity contribution is 6.31. The second-order valence-corrected chi connectivity index (χ2v) is 7.82. The summed E-state index contributed by atoms with van der Waals surface area (Å²) in [6.07, 6.45) is 0.973. The van der Waals surface area contributed by atoms with Crippen LogP contribution in [0.25, 0.3) is 0 Å². The Morgan fingerprint density at radius 2 is 1.68 bits per heavy atom. The topological polar surface area (TPSA) is 92.6 Å². The van der Waals surface area contributed by atoms with Crippen molar-refractivity contribution in [3.05, 3.63) is 74.8 Å². The summed E-state index contributed by atoms with van der Waals surface area (Å²) >= 11 is 6.31. The summed E-state index contributed by atoms with van der Waals surface area (Å²) in [5, 5.41) is 14.8. The number of hydrogen-bond acceptors (Lipinski definition) is 4. The molecule has 2 rings (SSSR count). The molecule has 0 aliphatic heterocycles. The molecule has 0 fully saturated rings. The van der Waals surface area contributed by atoms with Gasteiger partial charge in [0.25, 0.3) is 5.69 Å². The fraction of sp³-hybridized carbons (Fsp3) is 0.391. The van der Waals surface area contributed by atoms with Crippen molar-refractivity contribution < 1.29 is 14.5 Å². The molecule has 8 heteroatoms. The minimum absolute atomic E-state index is 0.0333. The van der Waals surface area contributed by atoms with Gasteiger partial charge in [0.05, 0.1) is 11.3 Å². The largest absolute Gasteiger partial charge is 0.352 e. The number of halogens is 1. The molecule has 0 heterocycles. The van der Waals surface area contributed by atoms with Gasteiger partial charge in [0, 0.05) is 29.2 Å². The number of carbonyl (C=O) groups is 2. The summed E-state index contributed by atoms with van der Waals surface area (Å²) in [6, 6.07) is 12.5. The molecule has 0 spiro atoms. The van der Waals surface area contributed by atoms with E-state index < -0.39 is 11.0 Å². The van der Waals surface area contributed by atoms with Crippen LogP contribution in [0.3, 0.4) is 0 Å². The lowest BCUT2D eigenvalue weighted by Crippen LogP contribution is -2.51. The Labute approximate surface area is 187 Å². The van der Waals surface area contributed by atoms with Gasteiger partial charge in [0.2, 0.25) is 11.8 Å². The minimum atomic E-state index is -0.722. The van der Waals surface area contributed by atoms with E-state index in [-0.39, 0.29) is 36.5 Å². The molecule has 0 bridgehead atoms. The number of amides is 2. The molecular weight excluding hydrogens is 418 g/mol. The lowest BCUT2D eigenvalue weighted by atomic mass is 10.0. The summed E-state index contributed by atoms with van der Waals surface area (Å²) < 4.78 is 0. The second-order valence-electron chi connectivity index (χ2n) is 7.42. The summed E-state index contributed by atoms with van der Waals surface area (Å²) in [5.41, 5.74) is 0.888. The van der Waals surface area contributed by atoms with Crippen LogP contribution in [-0.2, 0) is 22.6 Å². The van der Waals surface area contributed by atoms with E-state index in [1.807, 2.05) is 26.8 Å². The molecule has 0 radical (unpaired) electrons. The molecule has 2 aromatic rings. The minimum Gasteiger partial charge on any atom is -0.352 e. The van der Waals surface area contributed by atoms with E-state index in [4.69, 9.17) is 11.6 Å². The fourth-order valence-corrected chi connectivity index (χ4v) is 3.47. The van der Waals surface area contributed by atoms with Crippen LogP contribution in [0.4, 0.5) is 5.69 Å². The van der Waals surface area contributed by atoms with E-state index in [1.54, 1.807) is 36.4 Å². The quantitative estimate of drug-likeness (QED) is 0.430. The fourth-order valence-electron chi connectivity index (χ4n) is 3.27. The second kappa shape index (κ2) is 11.5. The number of benzene rings is 2. The normalized spacial score (nSPS) is 12.6. The molecule has 0 aliphatic carbocycles. The van der Waals surface area contributed by atoms with Crippen LogP contribution in [0.15, 0.2) is 48.5 Å². The third kappa shape index (κ3) is 6.52. The highest BCUT2D eigenvalue weighted by atomic mass is 35.5. The number of para-hydroxylation sites is 1. The maximum atomic E-state index is 13.3. The van der Waals surface area contributed by atoms with Crippen molar-refractivity contribution >= 4 is 29.1 Å². The zero-order chi connectivity index (χ0) is 23.0. The smallest absolute Gasteiger partial charge is 0.273 e. The van der Waals surface area contributed by atoms with Crippen molar-refractivity contribution in [3.8, 4) is 0 Å². The molecule has 0 aromatic heterocycles. The average molecular weight is 446 g/mol. The van der Waals surface area contributed by atoms with Gasteiger partial charge in [-0.1, -0.05) is 61.8 Å². The Balaban J connectivity index is 2.38. The molecule has 2 atom stereocenters. The lowest BCUT2D eigenvalue weighted by molar-refractivity contribution is -0.385. The van der Waals surface area contributed by atoms with Crippen molar-refractivity contribution in [3.63, 3.8) is 0 Å². The number of nitro benzene ring substituents is 1. The maximum Gasteiger partial charge on any atom is 0.273 e. The standard InChI is InChI=1S/C23H28ClN3O4/c1-4-16(3)25-23(29)20(5-2)26(15-18-11-6-8-12-19(18)24)22(28)14-17-10-7-9-13-21(17)27(30)31/h6-13,16,20H,4-5,14-15H2,1-3H3,(H,25,29)/t16-,20-/m1/s1. The van der Waals surface area contributed by atoms with Crippen LogP contribution in [0.1, 0.15) is 44.7 Å². The maximum absolute atomic E-state index is 13.3. The average Bonchev–Trinajstić information content (AvgIpc) is 2.74. The van der Waals surface area contributed by atoms with Crippen molar-refractivity contribution in [2.75, 3.05) is 0 Å². The molecule has 0 unspecified atom stereocenters. The molecule has 31 heavy (non-hydrogen) atoms. The number of nitrogens with one attached hydrogen (secondary N) is 1. The first-order valence-electron chi connectivity index (χ1n) is 10.3. The Morgan fingerprint density at radius 1 is 1.06 bits per heavy atom. The van der Waals surface area contributed by atoms with Crippen molar-refractivity contribution in [1.29, 1.82) is 0 Å². The van der Waals surface area contributed by atoms with Gasteiger partial charge in [-0.15, -0.1) is 0 Å². The zero-order valence-electron chi connectivity index (χ0n) is 18.0. The van der Waals surface area contributed by atoms with Gasteiger partial charge in [-0.3, -0.25) is 19.7 Å². The van der Waals surface area contributed by atoms with Gasteiger partial charge in [0.1, 0.15) is 6.04 Å². The monoisotopic (exact) mass is 445 g/mol. The highest BCUT2D eigenvalue weighted by Crippen LogP contribution is 2.23. The molecule has 2 aromatic carbocycles. The molecule has 1 N–H and O–H groups in total. The molecule has 166 valence electrons. The predicted molar refractivity (Wildman–Crippen MR) is 121 cm³/mol. The van der Waals surface area contributed by atoms with Crippen LogP contribution in [-0.4, -0.2) is 33.7 Å². The van der Waals surface area contributed by atoms with E-state index in [0.29, 0.717) is 22.6 Å². The third-order valence-corrected chi connectivity index (χ3v) is 5.58. The van der Waals surface area contributed by atoms with E-state index in [1.165, 1.54) is 11.0 Å². The SMILES string of the molecule is CC[C@@H](C)NC(=O)[C@@H](CC)N(Cc1ccccc1Cl)C(=O)Cc1ccccc1[N+](=O)[O-]. The van der Waals surface area contributed by atoms with Crippen LogP contribution in [0, 0.1) is 10.1 Å². The Morgan fingerprint density at radius 3 is 2.26 bits per heavy atom. The first kappa shape index (κ1) is 24.3. The number of nitro groups is 1. The number of nitrogens with zero attached hydrogens (tertiary/aromatic N) is 2. The van der Waals surface area contributed by atoms with Crippen LogP contribution < -0.4 is 5.32 Å². The molecule has 0 saturated carbocycles. The van der Waals surface area contributed by atoms with Crippen LogP contribution in [0.2, 0.25) is 5.02 Å². The van der Waals surface area contributed by atoms with Gasteiger partial charge in [0.15, 0.2) is 0 Å². The van der Waals surface area contributed by atoms with Gasteiger partial charge >= 0.3 is 0 Å². The van der Waals surface area contributed by atoms with Crippen LogP contribution in [0.5, 0.6) is 0 Å². The first-order chi connectivity index (χ1) is 14.8. The number of carbonyl (C=O) groups excluding carboxylic acids is 2.